The predicted octanol–water partition coefficient (Wildman–Crippen LogP) is 1.63. The number of hydrogen-bond donors (Lipinski definition) is 0. The van der Waals surface area contributed by atoms with Gasteiger partial charge in [-0.05, 0) is 18.9 Å². The molecule has 0 saturated carbocycles. The maximum atomic E-state index is 12.0. The lowest BCUT2D eigenvalue weighted by atomic mass is 9.73. The first-order chi connectivity index (χ1) is 9.05. The number of carbonyl (C=O) groups is 2. The molecular formula is C14H20O5. The van der Waals surface area contributed by atoms with Gasteiger partial charge in [-0.1, -0.05) is 18.7 Å². The van der Waals surface area contributed by atoms with Crippen LogP contribution in [0.4, 0.5) is 0 Å². The summed E-state index contributed by atoms with van der Waals surface area (Å²) in [6, 6.07) is 0. The zero-order valence-corrected chi connectivity index (χ0v) is 11.6. The van der Waals surface area contributed by atoms with Crippen molar-refractivity contribution in [3.8, 4) is 0 Å². The predicted molar refractivity (Wildman–Crippen MR) is 69.4 cm³/mol. The molecule has 0 amide bonds. The van der Waals surface area contributed by atoms with Crippen molar-refractivity contribution in [3.05, 3.63) is 24.3 Å². The molecule has 106 valence electrons. The molecule has 0 heterocycles. The highest BCUT2D eigenvalue weighted by atomic mass is 16.5. The molecule has 1 aliphatic carbocycles. The Labute approximate surface area is 113 Å². The first kappa shape index (κ1) is 15.4. The van der Waals surface area contributed by atoms with E-state index in [4.69, 9.17) is 14.2 Å². The smallest absolute Gasteiger partial charge is 0.323 e. The Balaban J connectivity index is 3.14. The van der Waals surface area contributed by atoms with Gasteiger partial charge in [0.2, 0.25) is 0 Å². The monoisotopic (exact) mass is 268 g/mol. The largest absolute Gasteiger partial charge is 0.468 e. The van der Waals surface area contributed by atoms with Gasteiger partial charge < -0.3 is 14.2 Å². The number of esters is 2. The summed E-state index contributed by atoms with van der Waals surface area (Å²) in [6.45, 7) is 6.05. The van der Waals surface area contributed by atoms with Crippen LogP contribution < -0.4 is 0 Å². The van der Waals surface area contributed by atoms with Crippen molar-refractivity contribution in [2.45, 2.75) is 25.9 Å². The second kappa shape index (κ2) is 6.52. The van der Waals surface area contributed by atoms with Crippen LogP contribution in [0, 0.1) is 5.41 Å². The molecule has 0 saturated heterocycles. The minimum Gasteiger partial charge on any atom is -0.468 e. The number of ether oxygens (including phenoxy) is 3. The molecule has 1 aliphatic rings. The summed E-state index contributed by atoms with van der Waals surface area (Å²) in [6.07, 6.45) is 3.55. The molecule has 0 aromatic heterocycles. The molecule has 0 aliphatic heterocycles. The van der Waals surface area contributed by atoms with Crippen molar-refractivity contribution in [3.63, 3.8) is 0 Å². The molecule has 5 nitrogen and oxygen atoms in total. The third kappa shape index (κ3) is 2.87. The van der Waals surface area contributed by atoms with E-state index in [-0.39, 0.29) is 18.9 Å². The minimum atomic E-state index is -1.32. The molecule has 1 rings (SSSR count). The van der Waals surface area contributed by atoms with E-state index in [0.29, 0.717) is 6.61 Å². The maximum Gasteiger partial charge on any atom is 0.323 e. The molecule has 0 bridgehead atoms. The van der Waals surface area contributed by atoms with E-state index in [1.165, 1.54) is 14.2 Å². The first-order valence-corrected chi connectivity index (χ1v) is 6.16. The number of allylic oxidation sites excluding steroid dienone is 1. The van der Waals surface area contributed by atoms with E-state index in [1.54, 1.807) is 12.2 Å². The minimum absolute atomic E-state index is 0.206. The third-order valence-corrected chi connectivity index (χ3v) is 3.35. The lowest BCUT2D eigenvalue weighted by Crippen LogP contribution is -2.46. The molecule has 0 fully saturated rings. The van der Waals surface area contributed by atoms with Gasteiger partial charge in [-0.3, -0.25) is 9.59 Å². The van der Waals surface area contributed by atoms with Gasteiger partial charge in [-0.25, -0.2) is 0 Å². The van der Waals surface area contributed by atoms with Crippen LogP contribution in [0.5, 0.6) is 0 Å². The summed E-state index contributed by atoms with van der Waals surface area (Å²) in [7, 11) is 2.52. The van der Waals surface area contributed by atoms with Gasteiger partial charge in [0, 0.05) is 13.0 Å². The molecule has 1 atom stereocenters. The summed E-state index contributed by atoms with van der Waals surface area (Å²) < 4.78 is 15.1. The summed E-state index contributed by atoms with van der Waals surface area (Å²) >= 11 is 0. The van der Waals surface area contributed by atoms with Crippen molar-refractivity contribution in [1.29, 1.82) is 0 Å². The van der Waals surface area contributed by atoms with E-state index in [0.717, 1.165) is 5.57 Å². The van der Waals surface area contributed by atoms with E-state index in [9.17, 15) is 9.59 Å². The Morgan fingerprint density at radius 3 is 2.42 bits per heavy atom. The van der Waals surface area contributed by atoms with Crippen LogP contribution in [0.15, 0.2) is 24.3 Å². The third-order valence-electron chi connectivity index (χ3n) is 3.35. The van der Waals surface area contributed by atoms with Gasteiger partial charge in [0.25, 0.3) is 0 Å². The van der Waals surface area contributed by atoms with Crippen LogP contribution in [0.3, 0.4) is 0 Å². The Kier molecular flexibility index (Phi) is 5.30. The Morgan fingerprint density at radius 1 is 1.42 bits per heavy atom. The average Bonchev–Trinajstić information content (AvgIpc) is 2.45. The lowest BCUT2D eigenvalue weighted by Gasteiger charge is -2.35. The Hall–Kier alpha value is -1.62. The van der Waals surface area contributed by atoms with Crippen molar-refractivity contribution < 1.29 is 23.8 Å². The van der Waals surface area contributed by atoms with Gasteiger partial charge in [0.1, 0.15) is 0 Å². The van der Waals surface area contributed by atoms with Crippen molar-refractivity contribution >= 4 is 11.9 Å². The standard InChI is InChI=1S/C14H20O5/c1-5-10-7-8-14(12(15)17-3,13(16)18-4)9-11(10)19-6-2/h5,7,11H,1,6,8-9H2,2-4H3. The fraction of sp³-hybridized carbons (Fsp3) is 0.571. The maximum absolute atomic E-state index is 12.0. The topological polar surface area (TPSA) is 61.8 Å². The highest BCUT2D eigenvalue weighted by Crippen LogP contribution is 2.39. The molecule has 0 aromatic rings. The van der Waals surface area contributed by atoms with Crippen LogP contribution in [0.2, 0.25) is 0 Å². The molecule has 5 heteroatoms. The van der Waals surface area contributed by atoms with Gasteiger partial charge in [-0.2, -0.15) is 0 Å². The highest BCUT2D eigenvalue weighted by molar-refractivity contribution is 6.00. The molecule has 0 aromatic carbocycles. The molecular weight excluding hydrogens is 248 g/mol. The highest BCUT2D eigenvalue weighted by Gasteiger charge is 2.51. The van der Waals surface area contributed by atoms with Crippen LogP contribution >= 0.6 is 0 Å². The molecule has 1 unspecified atom stereocenters. The van der Waals surface area contributed by atoms with Gasteiger partial charge in [0.05, 0.1) is 20.3 Å². The molecule has 0 N–H and O–H groups in total. The molecule has 0 radical (unpaired) electrons. The van der Waals surface area contributed by atoms with Gasteiger partial charge >= 0.3 is 11.9 Å². The van der Waals surface area contributed by atoms with E-state index < -0.39 is 17.4 Å². The van der Waals surface area contributed by atoms with E-state index in [1.807, 2.05) is 6.92 Å². The average molecular weight is 268 g/mol. The normalized spacial score (nSPS) is 21.2. The van der Waals surface area contributed by atoms with Crippen LogP contribution in [0.1, 0.15) is 19.8 Å². The SMILES string of the molecule is C=CC1=CCC(C(=O)OC)(C(=O)OC)CC1OCC. The summed E-state index contributed by atoms with van der Waals surface area (Å²) in [5.74, 6) is -1.19. The second-order valence-electron chi connectivity index (χ2n) is 4.33. The lowest BCUT2D eigenvalue weighted by molar-refractivity contribution is -0.172. The van der Waals surface area contributed by atoms with Crippen LogP contribution in [-0.4, -0.2) is 38.9 Å². The van der Waals surface area contributed by atoms with Crippen LogP contribution in [0.25, 0.3) is 0 Å². The molecule has 0 spiro atoms. The second-order valence-corrected chi connectivity index (χ2v) is 4.33. The van der Waals surface area contributed by atoms with Gasteiger partial charge in [-0.15, -0.1) is 0 Å². The molecule has 19 heavy (non-hydrogen) atoms. The van der Waals surface area contributed by atoms with Crippen molar-refractivity contribution in [2.24, 2.45) is 5.41 Å². The quantitative estimate of drug-likeness (QED) is 0.560. The number of methoxy groups -OCH3 is 2. The summed E-state index contributed by atoms with van der Waals surface area (Å²) in [5, 5.41) is 0. The summed E-state index contributed by atoms with van der Waals surface area (Å²) in [4.78, 5) is 24.0. The first-order valence-electron chi connectivity index (χ1n) is 6.16. The van der Waals surface area contributed by atoms with E-state index in [2.05, 4.69) is 6.58 Å². The Bertz CT molecular complexity index is 381. The summed E-state index contributed by atoms with van der Waals surface area (Å²) in [5.41, 5.74) is -0.444. The number of hydrogen-bond acceptors (Lipinski definition) is 5. The number of carbonyl (C=O) groups excluding carboxylic acids is 2. The Morgan fingerprint density at radius 2 is 2.00 bits per heavy atom. The van der Waals surface area contributed by atoms with Gasteiger partial charge in [0.15, 0.2) is 5.41 Å². The van der Waals surface area contributed by atoms with E-state index >= 15 is 0 Å². The number of rotatable bonds is 5. The zero-order valence-electron chi connectivity index (χ0n) is 11.6. The fourth-order valence-corrected chi connectivity index (χ4v) is 2.32. The fourth-order valence-electron chi connectivity index (χ4n) is 2.32. The van der Waals surface area contributed by atoms with Crippen molar-refractivity contribution in [1.82, 2.24) is 0 Å². The van der Waals surface area contributed by atoms with Crippen LogP contribution in [-0.2, 0) is 23.8 Å². The van der Waals surface area contributed by atoms with Crippen molar-refractivity contribution in [2.75, 3.05) is 20.8 Å². The zero-order chi connectivity index (χ0) is 14.5.